The fraction of sp³-hybridized carbons (Fsp3) is 0.300. The van der Waals surface area contributed by atoms with Crippen molar-refractivity contribution >= 4 is 29.3 Å². The van der Waals surface area contributed by atoms with Gasteiger partial charge in [-0.05, 0) is 38.0 Å². The summed E-state index contributed by atoms with van der Waals surface area (Å²) in [6.45, 7) is 5.86. The SMILES string of the molecule is CCC(N)(C=Cc1c(F)ccc2c1C(=Cc1nc[nH]c1C)C(=O)N2)CC. The molecule has 0 unspecified atom stereocenters. The maximum absolute atomic E-state index is 14.6. The molecule has 6 heteroatoms. The van der Waals surface area contributed by atoms with Gasteiger partial charge in [0.25, 0.3) is 5.91 Å². The number of anilines is 1. The van der Waals surface area contributed by atoms with Gasteiger partial charge in [0.2, 0.25) is 0 Å². The monoisotopic (exact) mass is 354 g/mol. The number of hydrogen-bond donors (Lipinski definition) is 3. The van der Waals surface area contributed by atoms with Gasteiger partial charge in [-0.1, -0.05) is 26.0 Å². The molecule has 1 amide bonds. The third-order valence-electron chi connectivity index (χ3n) is 5.00. The number of aromatic nitrogens is 2. The molecule has 26 heavy (non-hydrogen) atoms. The Morgan fingerprint density at radius 1 is 1.31 bits per heavy atom. The number of nitrogens with two attached hydrogens (primary N) is 1. The second kappa shape index (κ2) is 6.88. The van der Waals surface area contributed by atoms with E-state index in [-0.39, 0.29) is 5.91 Å². The van der Waals surface area contributed by atoms with E-state index in [9.17, 15) is 9.18 Å². The second-order valence-electron chi connectivity index (χ2n) is 6.58. The summed E-state index contributed by atoms with van der Waals surface area (Å²) in [6, 6.07) is 2.94. The largest absolute Gasteiger partial charge is 0.348 e. The Bertz CT molecular complexity index is 907. The van der Waals surface area contributed by atoms with Crippen molar-refractivity contribution in [1.29, 1.82) is 0 Å². The summed E-state index contributed by atoms with van der Waals surface area (Å²) in [7, 11) is 0. The van der Waals surface area contributed by atoms with Crippen LogP contribution in [0.15, 0.2) is 24.5 Å². The van der Waals surface area contributed by atoms with Gasteiger partial charge in [-0.15, -0.1) is 0 Å². The molecule has 2 aromatic rings. The number of halogens is 1. The highest BCUT2D eigenvalue weighted by Gasteiger charge is 2.29. The van der Waals surface area contributed by atoms with Crippen molar-refractivity contribution in [2.75, 3.05) is 5.32 Å². The Kier molecular flexibility index (Phi) is 4.78. The van der Waals surface area contributed by atoms with E-state index in [0.29, 0.717) is 28.1 Å². The third kappa shape index (κ3) is 3.20. The van der Waals surface area contributed by atoms with Crippen LogP contribution in [-0.4, -0.2) is 21.4 Å². The highest BCUT2D eigenvalue weighted by atomic mass is 19.1. The van der Waals surface area contributed by atoms with Gasteiger partial charge < -0.3 is 16.0 Å². The summed E-state index contributed by atoms with van der Waals surface area (Å²) >= 11 is 0. The Hall–Kier alpha value is -2.73. The van der Waals surface area contributed by atoms with Crippen LogP contribution in [0.3, 0.4) is 0 Å². The van der Waals surface area contributed by atoms with Crippen LogP contribution in [0.5, 0.6) is 0 Å². The van der Waals surface area contributed by atoms with Crippen molar-refractivity contribution in [3.8, 4) is 0 Å². The molecule has 1 aliphatic rings. The van der Waals surface area contributed by atoms with E-state index in [1.54, 1.807) is 24.5 Å². The number of rotatable bonds is 5. The van der Waals surface area contributed by atoms with Gasteiger partial charge in [-0.25, -0.2) is 9.37 Å². The van der Waals surface area contributed by atoms with Gasteiger partial charge >= 0.3 is 0 Å². The highest BCUT2D eigenvalue weighted by molar-refractivity contribution is 6.35. The lowest BCUT2D eigenvalue weighted by Crippen LogP contribution is -2.35. The quantitative estimate of drug-likeness (QED) is 0.713. The number of benzene rings is 1. The Morgan fingerprint density at radius 3 is 2.65 bits per heavy atom. The molecule has 3 rings (SSSR count). The fourth-order valence-electron chi connectivity index (χ4n) is 2.98. The molecular formula is C20H23FN4O. The van der Waals surface area contributed by atoms with Crippen LogP contribution in [0.2, 0.25) is 0 Å². The molecule has 0 radical (unpaired) electrons. The van der Waals surface area contributed by atoms with Crippen molar-refractivity contribution in [1.82, 2.24) is 9.97 Å². The zero-order chi connectivity index (χ0) is 18.9. The van der Waals surface area contributed by atoms with E-state index in [4.69, 9.17) is 5.73 Å². The highest BCUT2D eigenvalue weighted by Crippen LogP contribution is 2.38. The first-order valence-corrected chi connectivity index (χ1v) is 8.72. The molecule has 0 aliphatic carbocycles. The molecule has 1 aliphatic heterocycles. The van der Waals surface area contributed by atoms with Crippen LogP contribution < -0.4 is 11.1 Å². The predicted octanol–water partition coefficient (Wildman–Crippen LogP) is 3.88. The summed E-state index contributed by atoms with van der Waals surface area (Å²) in [5.41, 5.74) is 9.18. The summed E-state index contributed by atoms with van der Waals surface area (Å²) in [5, 5.41) is 2.80. The van der Waals surface area contributed by atoms with Crippen LogP contribution in [0, 0.1) is 12.7 Å². The van der Waals surface area contributed by atoms with Gasteiger partial charge in [0.15, 0.2) is 0 Å². The standard InChI is InChI=1S/C20H23FN4O/c1-4-20(22,5-2)9-8-13-15(21)6-7-16-18(13)14(19(26)25-16)10-17-12(3)23-11-24-17/h6-11H,4-5,22H2,1-3H3,(H,23,24)(H,25,26). The molecule has 5 nitrogen and oxygen atoms in total. The number of nitrogens with one attached hydrogen (secondary N) is 2. The van der Waals surface area contributed by atoms with Crippen LogP contribution in [0.25, 0.3) is 17.7 Å². The average molecular weight is 354 g/mol. The normalized spacial score (nSPS) is 15.7. The van der Waals surface area contributed by atoms with E-state index in [2.05, 4.69) is 15.3 Å². The zero-order valence-electron chi connectivity index (χ0n) is 15.2. The number of fused-ring (bicyclic) bond motifs is 1. The van der Waals surface area contributed by atoms with E-state index < -0.39 is 11.4 Å². The van der Waals surface area contributed by atoms with Crippen molar-refractivity contribution < 1.29 is 9.18 Å². The maximum atomic E-state index is 14.6. The molecule has 1 aromatic carbocycles. The number of nitrogens with zero attached hydrogens (tertiary/aromatic N) is 1. The van der Waals surface area contributed by atoms with Gasteiger partial charge in [-0.3, -0.25) is 4.79 Å². The molecular weight excluding hydrogens is 331 g/mol. The zero-order valence-corrected chi connectivity index (χ0v) is 15.2. The number of H-pyrrole nitrogens is 1. The number of aryl methyl sites for hydroxylation is 1. The van der Waals surface area contributed by atoms with Gasteiger partial charge in [0.1, 0.15) is 5.82 Å². The van der Waals surface area contributed by atoms with Crippen molar-refractivity contribution in [3.05, 3.63) is 52.9 Å². The third-order valence-corrected chi connectivity index (χ3v) is 5.00. The Morgan fingerprint density at radius 2 is 2.04 bits per heavy atom. The predicted molar refractivity (Wildman–Crippen MR) is 103 cm³/mol. The minimum absolute atomic E-state index is 0.271. The van der Waals surface area contributed by atoms with Gasteiger partial charge in [-0.2, -0.15) is 0 Å². The number of imidazole rings is 1. The lowest BCUT2D eigenvalue weighted by atomic mass is 9.91. The lowest BCUT2D eigenvalue weighted by Gasteiger charge is -2.22. The molecule has 0 bridgehead atoms. The molecule has 1 aromatic heterocycles. The van der Waals surface area contributed by atoms with E-state index >= 15 is 0 Å². The van der Waals surface area contributed by atoms with E-state index in [1.165, 1.54) is 6.07 Å². The van der Waals surface area contributed by atoms with Crippen molar-refractivity contribution in [2.45, 2.75) is 39.2 Å². The number of carbonyl (C=O) groups excluding carboxylic acids is 1. The first kappa shape index (κ1) is 18.1. The van der Waals surface area contributed by atoms with Crippen LogP contribution >= 0.6 is 0 Å². The Labute approximate surface area is 152 Å². The first-order valence-electron chi connectivity index (χ1n) is 8.72. The van der Waals surface area contributed by atoms with E-state index in [0.717, 1.165) is 18.5 Å². The molecule has 4 N–H and O–H groups in total. The summed E-state index contributed by atoms with van der Waals surface area (Å²) < 4.78 is 14.6. The number of amides is 1. The maximum Gasteiger partial charge on any atom is 0.256 e. The summed E-state index contributed by atoms with van der Waals surface area (Å²) in [6.07, 6.45) is 8.23. The first-order chi connectivity index (χ1) is 12.4. The topological polar surface area (TPSA) is 83.8 Å². The number of aromatic amines is 1. The number of hydrogen-bond acceptors (Lipinski definition) is 3. The Balaban J connectivity index is 2.14. The molecule has 0 saturated heterocycles. The van der Waals surface area contributed by atoms with Crippen molar-refractivity contribution in [3.63, 3.8) is 0 Å². The smallest absolute Gasteiger partial charge is 0.256 e. The van der Waals surface area contributed by atoms with Crippen LogP contribution in [-0.2, 0) is 4.79 Å². The molecule has 2 heterocycles. The summed E-state index contributed by atoms with van der Waals surface area (Å²) in [4.78, 5) is 19.6. The molecule has 136 valence electrons. The molecule has 0 saturated carbocycles. The lowest BCUT2D eigenvalue weighted by molar-refractivity contribution is -0.110. The minimum atomic E-state index is -0.506. The van der Waals surface area contributed by atoms with E-state index in [1.807, 2.05) is 26.8 Å². The molecule has 0 fully saturated rings. The summed E-state index contributed by atoms with van der Waals surface area (Å²) in [5.74, 6) is -0.664. The average Bonchev–Trinajstić information content (AvgIpc) is 3.18. The second-order valence-corrected chi connectivity index (χ2v) is 6.58. The molecule has 0 atom stereocenters. The van der Waals surface area contributed by atoms with Crippen LogP contribution in [0.1, 0.15) is 49.2 Å². The number of carbonyl (C=O) groups is 1. The van der Waals surface area contributed by atoms with Crippen LogP contribution in [0.4, 0.5) is 10.1 Å². The fourth-order valence-corrected chi connectivity index (χ4v) is 2.98. The van der Waals surface area contributed by atoms with Gasteiger partial charge in [0.05, 0.1) is 17.6 Å². The van der Waals surface area contributed by atoms with Gasteiger partial charge in [0, 0.05) is 28.0 Å². The minimum Gasteiger partial charge on any atom is -0.348 e. The van der Waals surface area contributed by atoms with Crippen molar-refractivity contribution in [2.24, 2.45) is 5.73 Å². The molecule has 0 spiro atoms.